The van der Waals surface area contributed by atoms with Crippen molar-refractivity contribution in [3.8, 4) is 5.75 Å². The number of ether oxygens (including phenoxy) is 1. The van der Waals surface area contributed by atoms with Crippen LogP contribution in [-0.2, 0) is 9.59 Å². The first-order chi connectivity index (χ1) is 18.4. The minimum absolute atomic E-state index is 0.0572. The van der Waals surface area contributed by atoms with Gasteiger partial charge in [0.25, 0.3) is 0 Å². The van der Waals surface area contributed by atoms with Crippen LogP contribution in [0.4, 0.5) is 10.5 Å². The molecule has 5 rings (SSSR count). The first-order valence-electron chi connectivity index (χ1n) is 12.5. The third-order valence-electron chi connectivity index (χ3n) is 7.17. The number of fused-ring (bicyclic) bond motifs is 1. The lowest BCUT2D eigenvalue weighted by atomic mass is 9.86. The molecule has 3 atom stereocenters. The summed E-state index contributed by atoms with van der Waals surface area (Å²) in [6.07, 6.45) is -0.299. The summed E-state index contributed by atoms with van der Waals surface area (Å²) in [6.45, 7) is 1.83. The van der Waals surface area contributed by atoms with Crippen molar-refractivity contribution in [2.24, 2.45) is 5.92 Å². The average molecular weight is 520 g/mol. The Kier molecular flexibility index (Phi) is 7.27. The van der Waals surface area contributed by atoms with E-state index in [2.05, 4.69) is 9.88 Å². The third kappa shape index (κ3) is 5.18. The highest BCUT2D eigenvalue weighted by atomic mass is 16.5. The minimum atomic E-state index is -1.34. The summed E-state index contributed by atoms with van der Waals surface area (Å²) in [4.78, 5) is 47.7. The SMILES string of the molecule is O=C(NO)[C@H]1C[C@H](Oc2ccc3ncccc3c2)CN(C(=O)O)[C@@H]1C(=O)N1CCN(c2ccccc2)CC1. The molecule has 0 radical (unpaired) electrons. The van der Waals surface area contributed by atoms with E-state index < -0.39 is 36.0 Å². The summed E-state index contributed by atoms with van der Waals surface area (Å²) in [6, 6.07) is 17.6. The molecule has 3 aromatic rings. The summed E-state index contributed by atoms with van der Waals surface area (Å²) in [5, 5.41) is 20.3. The lowest BCUT2D eigenvalue weighted by Gasteiger charge is -2.44. The van der Waals surface area contributed by atoms with Crippen molar-refractivity contribution in [3.05, 3.63) is 66.9 Å². The monoisotopic (exact) mass is 519 g/mol. The zero-order valence-electron chi connectivity index (χ0n) is 20.6. The van der Waals surface area contributed by atoms with Crippen LogP contribution in [0, 0.1) is 5.92 Å². The predicted molar refractivity (Wildman–Crippen MR) is 138 cm³/mol. The fourth-order valence-electron chi connectivity index (χ4n) is 5.29. The Morgan fingerprint density at radius 1 is 0.974 bits per heavy atom. The van der Waals surface area contributed by atoms with Gasteiger partial charge in [-0.2, -0.15) is 0 Å². The molecule has 0 aliphatic carbocycles. The first-order valence-corrected chi connectivity index (χ1v) is 12.5. The molecule has 0 spiro atoms. The summed E-state index contributed by atoms with van der Waals surface area (Å²) < 4.78 is 6.08. The molecule has 1 aromatic heterocycles. The highest BCUT2D eigenvalue weighted by Crippen LogP contribution is 2.30. The van der Waals surface area contributed by atoms with E-state index in [1.807, 2.05) is 36.4 Å². The summed E-state index contributed by atoms with van der Waals surface area (Å²) in [5.41, 5.74) is 3.45. The summed E-state index contributed by atoms with van der Waals surface area (Å²) in [5.74, 6) is -1.92. The molecule has 11 nitrogen and oxygen atoms in total. The molecule has 2 aromatic carbocycles. The van der Waals surface area contributed by atoms with Gasteiger partial charge in [-0.05, 0) is 36.4 Å². The van der Waals surface area contributed by atoms with Crippen molar-refractivity contribution >= 4 is 34.5 Å². The normalized spacial score (nSPS) is 21.7. The first kappa shape index (κ1) is 25.3. The van der Waals surface area contributed by atoms with E-state index in [0.29, 0.717) is 31.9 Å². The highest BCUT2D eigenvalue weighted by molar-refractivity contribution is 5.92. The number of carboxylic acid groups (broad SMARTS) is 1. The standard InChI is InChI=1S/C27H29N5O6/c33-25(29-37)22-16-21(38-20-8-9-23-18(15-20)5-4-10-28-23)17-32(27(35)36)24(22)26(34)31-13-11-30(12-14-31)19-6-2-1-3-7-19/h1-10,15,21-22,24,37H,11-14,16-17H2,(H,29,33)(H,35,36)/t21-,22-,24-/m0/s1. The molecule has 38 heavy (non-hydrogen) atoms. The zero-order valence-corrected chi connectivity index (χ0v) is 20.6. The van der Waals surface area contributed by atoms with Gasteiger partial charge >= 0.3 is 6.09 Å². The van der Waals surface area contributed by atoms with Gasteiger partial charge in [-0.15, -0.1) is 0 Å². The molecule has 0 saturated carbocycles. The van der Waals surface area contributed by atoms with Gasteiger partial charge < -0.3 is 19.6 Å². The van der Waals surface area contributed by atoms with E-state index in [9.17, 15) is 24.7 Å². The van der Waals surface area contributed by atoms with Crippen LogP contribution in [0.5, 0.6) is 5.75 Å². The molecule has 3 N–H and O–H groups in total. The van der Waals surface area contributed by atoms with Crippen molar-refractivity contribution < 1.29 is 29.4 Å². The number of carbonyl (C=O) groups excluding carboxylic acids is 2. The number of hydroxylamine groups is 1. The van der Waals surface area contributed by atoms with E-state index in [1.165, 1.54) is 0 Å². The third-order valence-corrected chi connectivity index (χ3v) is 7.17. The van der Waals surface area contributed by atoms with Gasteiger partial charge in [-0.1, -0.05) is 24.3 Å². The van der Waals surface area contributed by atoms with Crippen molar-refractivity contribution in [2.75, 3.05) is 37.6 Å². The fourth-order valence-corrected chi connectivity index (χ4v) is 5.29. The van der Waals surface area contributed by atoms with Crippen LogP contribution in [0.1, 0.15) is 6.42 Å². The van der Waals surface area contributed by atoms with Gasteiger partial charge in [-0.3, -0.25) is 24.7 Å². The Labute approximate surface area is 219 Å². The molecule has 2 fully saturated rings. The molecule has 2 aliphatic heterocycles. The van der Waals surface area contributed by atoms with Crippen LogP contribution < -0.4 is 15.1 Å². The lowest BCUT2D eigenvalue weighted by Crippen LogP contribution is -2.64. The van der Waals surface area contributed by atoms with Gasteiger partial charge in [0.1, 0.15) is 17.9 Å². The molecule has 0 unspecified atom stereocenters. The lowest BCUT2D eigenvalue weighted by molar-refractivity contribution is -0.150. The Hall–Kier alpha value is -4.38. The Balaban J connectivity index is 1.33. The van der Waals surface area contributed by atoms with Crippen LogP contribution in [-0.4, -0.2) is 87.9 Å². The number of piperidine rings is 1. The number of anilines is 1. The number of nitrogens with zero attached hydrogens (tertiary/aromatic N) is 4. The molecule has 198 valence electrons. The number of rotatable bonds is 5. The number of hydrogen-bond acceptors (Lipinski definition) is 7. The predicted octanol–water partition coefficient (Wildman–Crippen LogP) is 2.20. The smallest absolute Gasteiger partial charge is 0.408 e. The maximum Gasteiger partial charge on any atom is 0.408 e. The Morgan fingerprint density at radius 2 is 1.74 bits per heavy atom. The molecular weight excluding hydrogens is 490 g/mol. The van der Waals surface area contributed by atoms with Gasteiger partial charge in [-0.25, -0.2) is 10.3 Å². The van der Waals surface area contributed by atoms with Gasteiger partial charge in [0.2, 0.25) is 11.8 Å². The van der Waals surface area contributed by atoms with E-state index in [1.54, 1.807) is 40.8 Å². The largest absolute Gasteiger partial charge is 0.489 e. The number of amides is 3. The number of carbonyl (C=O) groups is 3. The second-order valence-electron chi connectivity index (χ2n) is 9.44. The number of hydrogen-bond donors (Lipinski definition) is 3. The second-order valence-corrected chi connectivity index (χ2v) is 9.44. The van der Waals surface area contributed by atoms with E-state index in [-0.39, 0.29) is 13.0 Å². The van der Waals surface area contributed by atoms with E-state index in [4.69, 9.17) is 4.74 Å². The van der Waals surface area contributed by atoms with E-state index >= 15 is 0 Å². The van der Waals surface area contributed by atoms with E-state index in [0.717, 1.165) is 21.5 Å². The van der Waals surface area contributed by atoms with Crippen LogP contribution in [0.2, 0.25) is 0 Å². The molecule has 3 heterocycles. The topological polar surface area (TPSA) is 136 Å². The number of benzene rings is 2. The zero-order chi connectivity index (χ0) is 26.6. The van der Waals surface area contributed by atoms with Crippen LogP contribution in [0.3, 0.4) is 0 Å². The number of para-hydroxylation sites is 1. The molecule has 0 bridgehead atoms. The summed E-state index contributed by atoms with van der Waals surface area (Å²) in [7, 11) is 0. The van der Waals surface area contributed by atoms with Crippen LogP contribution >= 0.6 is 0 Å². The molecule has 2 saturated heterocycles. The average Bonchev–Trinajstić information content (AvgIpc) is 2.96. The van der Waals surface area contributed by atoms with Crippen LogP contribution in [0.15, 0.2) is 66.9 Å². The quantitative estimate of drug-likeness (QED) is 0.345. The maximum absolute atomic E-state index is 13.6. The van der Waals surface area contributed by atoms with Gasteiger partial charge in [0.05, 0.1) is 18.0 Å². The number of piperazine rings is 1. The number of likely N-dealkylation sites (tertiary alicyclic amines) is 1. The summed E-state index contributed by atoms with van der Waals surface area (Å²) >= 11 is 0. The highest BCUT2D eigenvalue weighted by Gasteiger charge is 2.48. The van der Waals surface area contributed by atoms with Crippen molar-refractivity contribution in [3.63, 3.8) is 0 Å². The molecule has 3 amide bonds. The van der Waals surface area contributed by atoms with Crippen molar-refractivity contribution in [1.29, 1.82) is 0 Å². The maximum atomic E-state index is 13.6. The Morgan fingerprint density at radius 3 is 2.45 bits per heavy atom. The molecule has 11 heteroatoms. The van der Waals surface area contributed by atoms with Crippen LogP contribution in [0.25, 0.3) is 10.9 Å². The molecule has 2 aliphatic rings. The number of pyridine rings is 1. The fraction of sp³-hybridized carbons (Fsp3) is 0.333. The number of nitrogens with one attached hydrogen (secondary N) is 1. The van der Waals surface area contributed by atoms with Gasteiger partial charge in [0, 0.05) is 49.9 Å². The van der Waals surface area contributed by atoms with Crippen molar-refractivity contribution in [1.82, 2.24) is 20.3 Å². The van der Waals surface area contributed by atoms with Crippen molar-refractivity contribution in [2.45, 2.75) is 18.6 Å². The minimum Gasteiger partial charge on any atom is -0.489 e. The molecular formula is C27H29N5O6. The second kappa shape index (κ2) is 10.9. The number of aromatic nitrogens is 1. The Bertz CT molecular complexity index is 1310. The van der Waals surface area contributed by atoms with Gasteiger partial charge in [0.15, 0.2) is 0 Å².